The van der Waals surface area contributed by atoms with Crippen LogP contribution in [0.1, 0.15) is 18.4 Å². The lowest BCUT2D eigenvalue weighted by atomic mass is 10.2. The topological polar surface area (TPSA) is 27.7 Å². The van der Waals surface area contributed by atoms with E-state index in [-0.39, 0.29) is 0 Å². The van der Waals surface area contributed by atoms with Gasteiger partial charge in [-0.05, 0) is 48.6 Å². The summed E-state index contributed by atoms with van der Waals surface area (Å²) in [5.41, 5.74) is 1.11. The van der Waals surface area contributed by atoms with Crippen molar-refractivity contribution in [2.24, 2.45) is 5.92 Å². The summed E-state index contributed by atoms with van der Waals surface area (Å²) in [5.74, 6) is 3.33. The van der Waals surface area contributed by atoms with Crippen molar-refractivity contribution in [3.8, 4) is 17.2 Å². The molecule has 0 saturated heterocycles. The van der Waals surface area contributed by atoms with Crippen LogP contribution in [-0.4, -0.2) is 13.7 Å². The average Bonchev–Trinajstić information content (AvgIpc) is 3.36. The van der Waals surface area contributed by atoms with Crippen molar-refractivity contribution in [2.45, 2.75) is 19.4 Å². The Morgan fingerprint density at radius 2 is 1.62 bits per heavy atom. The van der Waals surface area contributed by atoms with Gasteiger partial charge >= 0.3 is 0 Å². The first-order valence-corrected chi connectivity index (χ1v) is 7.32. The highest BCUT2D eigenvalue weighted by Gasteiger charge is 2.21. The minimum atomic E-state index is 0.538. The fourth-order valence-corrected chi connectivity index (χ4v) is 2.04. The summed E-state index contributed by atoms with van der Waals surface area (Å²) in [6.45, 7) is 1.36. The van der Waals surface area contributed by atoms with Crippen molar-refractivity contribution in [2.75, 3.05) is 13.7 Å². The van der Waals surface area contributed by atoms with Crippen LogP contribution in [0.3, 0.4) is 0 Å². The van der Waals surface area contributed by atoms with E-state index in [4.69, 9.17) is 14.2 Å². The molecule has 0 unspecified atom stereocenters. The molecule has 110 valence electrons. The number of methoxy groups -OCH3 is 1. The van der Waals surface area contributed by atoms with Gasteiger partial charge in [-0.15, -0.1) is 0 Å². The molecule has 3 heteroatoms. The quantitative estimate of drug-likeness (QED) is 0.767. The van der Waals surface area contributed by atoms with Gasteiger partial charge in [-0.3, -0.25) is 0 Å². The van der Waals surface area contributed by atoms with E-state index in [2.05, 4.69) is 0 Å². The summed E-state index contributed by atoms with van der Waals surface area (Å²) in [5, 5.41) is 0. The fraction of sp³-hybridized carbons (Fsp3) is 0.333. The summed E-state index contributed by atoms with van der Waals surface area (Å²) >= 11 is 0. The van der Waals surface area contributed by atoms with Crippen LogP contribution >= 0.6 is 0 Å². The van der Waals surface area contributed by atoms with E-state index in [1.807, 2.05) is 48.5 Å². The second-order valence-electron chi connectivity index (χ2n) is 5.37. The summed E-state index contributed by atoms with van der Waals surface area (Å²) in [4.78, 5) is 0. The van der Waals surface area contributed by atoms with E-state index < -0.39 is 0 Å². The average molecular weight is 284 g/mol. The Hall–Kier alpha value is -2.16. The summed E-state index contributed by atoms with van der Waals surface area (Å²) in [6.07, 6.45) is 2.60. The maximum atomic E-state index is 5.81. The number of hydrogen-bond acceptors (Lipinski definition) is 3. The number of hydrogen-bond donors (Lipinski definition) is 0. The Balaban J connectivity index is 1.54. The molecular formula is C18H20O3. The molecule has 3 rings (SSSR count). The van der Waals surface area contributed by atoms with Crippen molar-refractivity contribution in [3.05, 3.63) is 54.1 Å². The highest BCUT2D eigenvalue weighted by atomic mass is 16.5. The molecule has 0 radical (unpaired) electrons. The van der Waals surface area contributed by atoms with Crippen molar-refractivity contribution in [3.63, 3.8) is 0 Å². The van der Waals surface area contributed by atoms with Crippen molar-refractivity contribution in [1.82, 2.24) is 0 Å². The van der Waals surface area contributed by atoms with Crippen LogP contribution in [0.2, 0.25) is 0 Å². The highest BCUT2D eigenvalue weighted by molar-refractivity contribution is 5.33. The van der Waals surface area contributed by atoms with Gasteiger partial charge in [-0.2, -0.15) is 0 Å². The Kier molecular flexibility index (Phi) is 4.29. The van der Waals surface area contributed by atoms with Crippen molar-refractivity contribution < 1.29 is 14.2 Å². The van der Waals surface area contributed by atoms with Gasteiger partial charge < -0.3 is 14.2 Å². The van der Waals surface area contributed by atoms with Gasteiger partial charge in [0.25, 0.3) is 0 Å². The van der Waals surface area contributed by atoms with Gasteiger partial charge in [0.15, 0.2) is 0 Å². The monoisotopic (exact) mass is 284 g/mol. The molecule has 0 bridgehead atoms. The third-order valence-electron chi connectivity index (χ3n) is 3.55. The van der Waals surface area contributed by atoms with Crippen LogP contribution in [0, 0.1) is 5.92 Å². The Labute approximate surface area is 125 Å². The molecule has 3 nitrogen and oxygen atoms in total. The molecule has 2 aromatic rings. The van der Waals surface area contributed by atoms with Gasteiger partial charge in [0.1, 0.15) is 23.9 Å². The molecule has 0 N–H and O–H groups in total. The van der Waals surface area contributed by atoms with Gasteiger partial charge in [0, 0.05) is 6.07 Å². The van der Waals surface area contributed by atoms with Gasteiger partial charge in [0.2, 0.25) is 0 Å². The van der Waals surface area contributed by atoms with Gasteiger partial charge in [-0.25, -0.2) is 0 Å². The van der Waals surface area contributed by atoms with Crippen LogP contribution in [0.5, 0.6) is 17.2 Å². The zero-order valence-electron chi connectivity index (χ0n) is 12.2. The normalized spacial score (nSPS) is 13.8. The number of rotatable bonds is 7. The first-order valence-electron chi connectivity index (χ1n) is 7.32. The largest absolute Gasteiger partial charge is 0.497 e. The second kappa shape index (κ2) is 6.53. The minimum absolute atomic E-state index is 0.538. The second-order valence-corrected chi connectivity index (χ2v) is 5.37. The predicted molar refractivity (Wildman–Crippen MR) is 82.0 cm³/mol. The van der Waals surface area contributed by atoms with Crippen LogP contribution in [0.15, 0.2) is 48.5 Å². The standard InChI is InChI=1S/C18H20O3/c1-19-16-9-7-15(8-10-16)13-21-18-4-2-3-17(11-18)20-12-14-5-6-14/h2-4,7-11,14H,5-6,12-13H2,1H3. The highest BCUT2D eigenvalue weighted by Crippen LogP contribution is 2.30. The molecule has 0 amide bonds. The van der Waals surface area contributed by atoms with E-state index in [9.17, 15) is 0 Å². The zero-order valence-corrected chi connectivity index (χ0v) is 12.2. The smallest absolute Gasteiger partial charge is 0.123 e. The first kappa shape index (κ1) is 13.8. The van der Waals surface area contributed by atoms with Crippen LogP contribution in [-0.2, 0) is 6.61 Å². The molecule has 1 fully saturated rings. The Morgan fingerprint density at radius 3 is 2.29 bits per heavy atom. The molecule has 1 aliphatic carbocycles. The first-order chi connectivity index (χ1) is 10.3. The lowest BCUT2D eigenvalue weighted by Gasteiger charge is -2.09. The molecule has 0 spiro atoms. The molecule has 21 heavy (non-hydrogen) atoms. The van der Waals surface area contributed by atoms with Crippen LogP contribution in [0.25, 0.3) is 0 Å². The maximum absolute atomic E-state index is 5.81. The molecule has 0 atom stereocenters. The lowest BCUT2D eigenvalue weighted by molar-refractivity contribution is 0.287. The summed E-state index contributed by atoms with van der Waals surface area (Å²) < 4.78 is 16.7. The molecule has 1 aliphatic rings. The van der Waals surface area contributed by atoms with Crippen molar-refractivity contribution >= 4 is 0 Å². The van der Waals surface area contributed by atoms with E-state index in [0.717, 1.165) is 35.3 Å². The SMILES string of the molecule is COc1ccc(COc2cccc(OCC3CC3)c2)cc1. The zero-order chi connectivity index (χ0) is 14.5. The Bertz CT molecular complexity index is 573. The van der Waals surface area contributed by atoms with E-state index in [1.165, 1.54) is 12.8 Å². The number of benzene rings is 2. The third kappa shape index (κ3) is 4.15. The third-order valence-corrected chi connectivity index (χ3v) is 3.55. The molecule has 0 aromatic heterocycles. The van der Waals surface area contributed by atoms with Gasteiger partial charge in [0.05, 0.1) is 13.7 Å². The van der Waals surface area contributed by atoms with Crippen LogP contribution in [0.4, 0.5) is 0 Å². The maximum Gasteiger partial charge on any atom is 0.123 e. The van der Waals surface area contributed by atoms with E-state index in [0.29, 0.717) is 6.61 Å². The lowest BCUT2D eigenvalue weighted by Crippen LogP contribution is -2.00. The number of ether oxygens (including phenoxy) is 3. The van der Waals surface area contributed by atoms with E-state index >= 15 is 0 Å². The molecule has 2 aromatic carbocycles. The predicted octanol–water partition coefficient (Wildman–Crippen LogP) is 4.06. The fourth-order valence-electron chi connectivity index (χ4n) is 2.04. The summed E-state index contributed by atoms with van der Waals surface area (Å²) in [6, 6.07) is 15.7. The molecule has 1 saturated carbocycles. The van der Waals surface area contributed by atoms with Crippen molar-refractivity contribution in [1.29, 1.82) is 0 Å². The molecule has 0 aliphatic heterocycles. The molecule has 0 heterocycles. The van der Waals surface area contributed by atoms with Crippen LogP contribution < -0.4 is 14.2 Å². The molecular weight excluding hydrogens is 264 g/mol. The Morgan fingerprint density at radius 1 is 0.905 bits per heavy atom. The van der Waals surface area contributed by atoms with E-state index in [1.54, 1.807) is 7.11 Å². The minimum Gasteiger partial charge on any atom is -0.497 e. The summed E-state index contributed by atoms with van der Waals surface area (Å²) in [7, 11) is 1.67. The van der Waals surface area contributed by atoms with Gasteiger partial charge in [-0.1, -0.05) is 18.2 Å².